The van der Waals surface area contributed by atoms with Crippen molar-refractivity contribution in [3.63, 3.8) is 0 Å². The molecule has 1 aliphatic heterocycles. The summed E-state index contributed by atoms with van der Waals surface area (Å²) in [5, 5.41) is 3.50. The second-order valence-electron chi connectivity index (χ2n) is 7.55. The van der Waals surface area contributed by atoms with Gasteiger partial charge in [0.25, 0.3) is 0 Å². The van der Waals surface area contributed by atoms with E-state index in [9.17, 15) is 0 Å². The molecule has 0 unspecified atom stereocenters. The standard InChI is InChI=1S/C18H32N2O/c1-6-15-7-9-20(10-8-15)13-16-11-14(2)17(21-16)12-19-18(3,4)5/h11,15,19H,6-10,12-13H2,1-5H3. The summed E-state index contributed by atoms with van der Waals surface area (Å²) >= 11 is 0. The fourth-order valence-corrected chi connectivity index (χ4v) is 2.96. The molecule has 2 heterocycles. The fourth-order valence-electron chi connectivity index (χ4n) is 2.96. The van der Waals surface area contributed by atoms with Gasteiger partial charge in [-0.05, 0) is 71.2 Å². The van der Waals surface area contributed by atoms with Crippen LogP contribution in [0, 0.1) is 12.8 Å². The number of nitrogens with one attached hydrogen (secondary N) is 1. The van der Waals surface area contributed by atoms with Gasteiger partial charge in [-0.25, -0.2) is 0 Å². The molecule has 120 valence electrons. The van der Waals surface area contributed by atoms with Gasteiger partial charge in [-0.2, -0.15) is 0 Å². The lowest BCUT2D eigenvalue weighted by Crippen LogP contribution is -2.35. The van der Waals surface area contributed by atoms with Gasteiger partial charge in [0.15, 0.2) is 0 Å². The van der Waals surface area contributed by atoms with E-state index in [2.05, 4.69) is 50.9 Å². The number of piperidine rings is 1. The molecule has 0 aliphatic carbocycles. The SMILES string of the molecule is CCC1CCN(Cc2cc(C)c(CNC(C)(C)C)o2)CC1. The van der Waals surface area contributed by atoms with Crippen molar-refractivity contribution in [3.05, 3.63) is 23.2 Å². The summed E-state index contributed by atoms with van der Waals surface area (Å²) in [5.41, 5.74) is 1.40. The Labute approximate surface area is 130 Å². The molecular formula is C18H32N2O. The zero-order chi connectivity index (χ0) is 15.5. The van der Waals surface area contributed by atoms with Crippen LogP contribution in [0.2, 0.25) is 0 Å². The van der Waals surface area contributed by atoms with Crippen molar-refractivity contribution in [1.29, 1.82) is 0 Å². The summed E-state index contributed by atoms with van der Waals surface area (Å²) in [6, 6.07) is 2.21. The van der Waals surface area contributed by atoms with Crippen LogP contribution in [0.5, 0.6) is 0 Å². The van der Waals surface area contributed by atoms with E-state index >= 15 is 0 Å². The van der Waals surface area contributed by atoms with E-state index in [0.29, 0.717) is 0 Å². The van der Waals surface area contributed by atoms with Crippen molar-refractivity contribution in [3.8, 4) is 0 Å². The van der Waals surface area contributed by atoms with E-state index < -0.39 is 0 Å². The van der Waals surface area contributed by atoms with Crippen LogP contribution in [0.3, 0.4) is 0 Å². The Morgan fingerprint density at radius 3 is 2.52 bits per heavy atom. The molecule has 0 atom stereocenters. The van der Waals surface area contributed by atoms with Gasteiger partial charge in [0.1, 0.15) is 11.5 Å². The number of likely N-dealkylation sites (tertiary alicyclic amines) is 1. The molecule has 0 amide bonds. The van der Waals surface area contributed by atoms with Gasteiger partial charge in [-0.3, -0.25) is 4.90 Å². The first-order valence-electron chi connectivity index (χ1n) is 8.43. The van der Waals surface area contributed by atoms with Crippen molar-refractivity contribution >= 4 is 0 Å². The van der Waals surface area contributed by atoms with Crippen LogP contribution in [0.25, 0.3) is 0 Å². The van der Waals surface area contributed by atoms with Gasteiger partial charge in [-0.15, -0.1) is 0 Å². The first kappa shape index (κ1) is 16.6. The maximum Gasteiger partial charge on any atom is 0.120 e. The van der Waals surface area contributed by atoms with Crippen LogP contribution in [0.1, 0.15) is 64.0 Å². The predicted molar refractivity (Wildman–Crippen MR) is 88.3 cm³/mol. The molecule has 21 heavy (non-hydrogen) atoms. The number of hydrogen-bond donors (Lipinski definition) is 1. The molecule has 1 aromatic rings. The third-order valence-electron chi connectivity index (χ3n) is 4.51. The zero-order valence-electron chi connectivity index (χ0n) is 14.5. The Balaban J connectivity index is 1.87. The van der Waals surface area contributed by atoms with E-state index in [0.717, 1.165) is 30.5 Å². The van der Waals surface area contributed by atoms with Gasteiger partial charge in [0.05, 0.1) is 13.1 Å². The first-order chi connectivity index (χ1) is 9.87. The maximum atomic E-state index is 6.06. The summed E-state index contributed by atoms with van der Waals surface area (Å²) in [6.45, 7) is 15.2. The number of aryl methyl sites for hydroxylation is 1. The first-order valence-corrected chi connectivity index (χ1v) is 8.43. The van der Waals surface area contributed by atoms with Crippen LogP contribution in [-0.2, 0) is 13.1 Å². The van der Waals surface area contributed by atoms with E-state index in [1.54, 1.807) is 0 Å². The van der Waals surface area contributed by atoms with Gasteiger partial charge in [-0.1, -0.05) is 13.3 Å². The Kier molecular flexibility index (Phi) is 5.50. The Morgan fingerprint density at radius 2 is 1.95 bits per heavy atom. The molecule has 1 aromatic heterocycles. The smallest absolute Gasteiger partial charge is 0.120 e. The topological polar surface area (TPSA) is 28.4 Å². The molecule has 1 N–H and O–H groups in total. The van der Waals surface area contributed by atoms with Crippen molar-refractivity contribution in [2.45, 2.75) is 72.5 Å². The number of hydrogen-bond acceptors (Lipinski definition) is 3. The average molecular weight is 292 g/mol. The Bertz CT molecular complexity index is 437. The lowest BCUT2D eigenvalue weighted by atomic mass is 9.94. The lowest BCUT2D eigenvalue weighted by Gasteiger charge is -2.30. The molecule has 0 radical (unpaired) electrons. The van der Waals surface area contributed by atoms with Crippen molar-refractivity contribution < 1.29 is 4.42 Å². The highest BCUT2D eigenvalue weighted by Gasteiger charge is 2.19. The average Bonchev–Trinajstić information content (AvgIpc) is 2.77. The maximum absolute atomic E-state index is 6.06. The summed E-state index contributed by atoms with van der Waals surface area (Å²) in [4.78, 5) is 2.53. The number of nitrogens with zero attached hydrogens (tertiary/aromatic N) is 1. The van der Waals surface area contributed by atoms with E-state index in [-0.39, 0.29) is 5.54 Å². The molecule has 0 spiro atoms. The second-order valence-corrected chi connectivity index (χ2v) is 7.55. The summed E-state index contributed by atoms with van der Waals surface area (Å²) in [5.74, 6) is 3.14. The van der Waals surface area contributed by atoms with E-state index in [1.165, 1.54) is 37.9 Å². The summed E-state index contributed by atoms with van der Waals surface area (Å²) in [6.07, 6.45) is 4.01. The highest BCUT2D eigenvalue weighted by atomic mass is 16.3. The van der Waals surface area contributed by atoms with E-state index in [4.69, 9.17) is 4.42 Å². The summed E-state index contributed by atoms with van der Waals surface area (Å²) < 4.78 is 6.06. The molecular weight excluding hydrogens is 260 g/mol. The monoisotopic (exact) mass is 292 g/mol. The zero-order valence-corrected chi connectivity index (χ0v) is 14.5. The molecule has 1 aliphatic rings. The summed E-state index contributed by atoms with van der Waals surface area (Å²) in [7, 11) is 0. The van der Waals surface area contributed by atoms with Gasteiger partial charge in [0, 0.05) is 5.54 Å². The van der Waals surface area contributed by atoms with E-state index in [1.807, 2.05) is 0 Å². The molecule has 0 aromatic carbocycles. The van der Waals surface area contributed by atoms with Crippen LogP contribution in [0.15, 0.2) is 10.5 Å². The van der Waals surface area contributed by atoms with Crippen LogP contribution < -0.4 is 5.32 Å². The van der Waals surface area contributed by atoms with Gasteiger partial charge < -0.3 is 9.73 Å². The van der Waals surface area contributed by atoms with Crippen LogP contribution in [-0.4, -0.2) is 23.5 Å². The molecule has 1 fully saturated rings. The van der Waals surface area contributed by atoms with Gasteiger partial charge >= 0.3 is 0 Å². The molecule has 0 bridgehead atoms. The Morgan fingerprint density at radius 1 is 1.29 bits per heavy atom. The van der Waals surface area contributed by atoms with Crippen molar-refractivity contribution in [2.75, 3.05) is 13.1 Å². The third-order valence-corrected chi connectivity index (χ3v) is 4.51. The highest BCUT2D eigenvalue weighted by Crippen LogP contribution is 2.23. The molecule has 3 heteroatoms. The van der Waals surface area contributed by atoms with Gasteiger partial charge in [0.2, 0.25) is 0 Å². The predicted octanol–water partition coefficient (Wildman–Crippen LogP) is 4.10. The number of rotatable bonds is 5. The molecule has 3 nitrogen and oxygen atoms in total. The fraction of sp³-hybridized carbons (Fsp3) is 0.778. The van der Waals surface area contributed by atoms with Crippen molar-refractivity contribution in [2.24, 2.45) is 5.92 Å². The molecule has 2 rings (SSSR count). The Hall–Kier alpha value is -0.800. The van der Waals surface area contributed by atoms with Crippen LogP contribution in [0.4, 0.5) is 0 Å². The normalized spacial score (nSPS) is 18.3. The minimum Gasteiger partial charge on any atom is -0.463 e. The largest absolute Gasteiger partial charge is 0.463 e. The lowest BCUT2D eigenvalue weighted by molar-refractivity contribution is 0.163. The van der Waals surface area contributed by atoms with Crippen LogP contribution >= 0.6 is 0 Å². The molecule has 0 saturated carbocycles. The van der Waals surface area contributed by atoms with Crippen molar-refractivity contribution in [1.82, 2.24) is 10.2 Å². The molecule has 1 saturated heterocycles. The highest BCUT2D eigenvalue weighted by molar-refractivity contribution is 5.20. The minimum atomic E-state index is 0.126. The second kappa shape index (κ2) is 6.97. The quantitative estimate of drug-likeness (QED) is 0.885. The third kappa shape index (κ3) is 5.15. The number of furan rings is 1. The minimum absolute atomic E-state index is 0.126.